The standard InChI is InChI=1S/C45H27N3S/c1-2-14-29(15-3-1)47-38-22-9-6-17-31(38)35-25-26-36-32-18-7-10-23-39(32)48(44(36)43(35)47)30-16-12-13-28(27-30)42-34-20-5-4-19-33(34)41-37-21-8-11-24-40(37)49-45(41)46-42/h1-27H. The Labute approximate surface area is 285 Å². The minimum Gasteiger partial charge on any atom is -0.307 e. The number of para-hydroxylation sites is 3. The van der Waals surface area contributed by atoms with Crippen LogP contribution in [0.4, 0.5) is 0 Å². The summed E-state index contributed by atoms with van der Waals surface area (Å²) >= 11 is 1.77. The van der Waals surface area contributed by atoms with E-state index in [9.17, 15) is 0 Å². The summed E-state index contributed by atoms with van der Waals surface area (Å²) in [5.74, 6) is 0. The highest BCUT2D eigenvalue weighted by Gasteiger charge is 2.22. The summed E-state index contributed by atoms with van der Waals surface area (Å²) in [6.45, 7) is 0. The highest BCUT2D eigenvalue weighted by atomic mass is 32.1. The normalized spacial score (nSPS) is 12.1. The summed E-state index contributed by atoms with van der Waals surface area (Å²) < 4.78 is 6.18. The van der Waals surface area contributed by atoms with Crippen molar-refractivity contribution in [3.05, 3.63) is 164 Å². The number of thiophene rings is 1. The lowest BCUT2D eigenvalue weighted by Gasteiger charge is -2.14. The molecule has 0 unspecified atom stereocenters. The van der Waals surface area contributed by atoms with Crippen LogP contribution in [0, 0.1) is 0 Å². The van der Waals surface area contributed by atoms with Gasteiger partial charge in [-0.2, -0.15) is 0 Å². The third-order valence-electron chi connectivity index (χ3n) is 10.1. The van der Waals surface area contributed by atoms with E-state index in [2.05, 4.69) is 173 Å². The maximum Gasteiger partial charge on any atom is 0.125 e. The van der Waals surface area contributed by atoms with Gasteiger partial charge in [-0.25, -0.2) is 4.98 Å². The fourth-order valence-corrected chi connectivity index (χ4v) is 9.16. The van der Waals surface area contributed by atoms with Crippen LogP contribution in [0.1, 0.15) is 0 Å². The Balaban J connectivity index is 1.25. The molecule has 11 rings (SSSR count). The lowest BCUT2D eigenvalue weighted by atomic mass is 10.0. The molecular formula is C45H27N3S. The number of rotatable bonds is 3. The molecule has 11 aromatic rings. The molecule has 0 N–H and O–H groups in total. The highest BCUT2D eigenvalue weighted by Crippen LogP contribution is 2.43. The first kappa shape index (κ1) is 26.8. The molecule has 4 aromatic heterocycles. The second-order valence-electron chi connectivity index (χ2n) is 12.7. The summed E-state index contributed by atoms with van der Waals surface area (Å²) in [5, 5.41) is 9.91. The van der Waals surface area contributed by atoms with E-state index in [1.54, 1.807) is 11.3 Å². The summed E-state index contributed by atoms with van der Waals surface area (Å²) in [6, 6.07) is 59.3. The predicted octanol–water partition coefficient (Wildman–Crippen LogP) is 12.5. The molecule has 0 aliphatic rings. The zero-order valence-electron chi connectivity index (χ0n) is 26.3. The number of hydrogen-bond acceptors (Lipinski definition) is 2. The molecule has 4 heterocycles. The lowest BCUT2D eigenvalue weighted by molar-refractivity contribution is 1.15. The molecule has 3 nitrogen and oxygen atoms in total. The maximum atomic E-state index is 5.40. The molecule has 7 aromatic carbocycles. The predicted molar refractivity (Wildman–Crippen MR) is 209 cm³/mol. The average molecular weight is 642 g/mol. The van der Waals surface area contributed by atoms with E-state index in [1.807, 2.05) is 0 Å². The summed E-state index contributed by atoms with van der Waals surface area (Å²) in [6.07, 6.45) is 0. The van der Waals surface area contributed by atoms with Crippen LogP contribution in [0.3, 0.4) is 0 Å². The van der Waals surface area contributed by atoms with Crippen LogP contribution < -0.4 is 0 Å². The minimum atomic E-state index is 1.01. The van der Waals surface area contributed by atoms with Gasteiger partial charge in [0.1, 0.15) is 4.83 Å². The number of hydrogen-bond donors (Lipinski definition) is 0. The first-order valence-electron chi connectivity index (χ1n) is 16.6. The minimum absolute atomic E-state index is 1.01. The van der Waals surface area contributed by atoms with Crippen molar-refractivity contribution in [2.75, 3.05) is 0 Å². The van der Waals surface area contributed by atoms with Crippen LogP contribution in [0.5, 0.6) is 0 Å². The van der Waals surface area contributed by atoms with Crippen molar-refractivity contribution in [2.45, 2.75) is 0 Å². The summed E-state index contributed by atoms with van der Waals surface area (Å²) in [7, 11) is 0. The Kier molecular flexibility index (Phi) is 5.54. The first-order valence-corrected chi connectivity index (χ1v) is 17.5. The van der Waals surface area contributed by atoms with Crippen molar-refractivity contribution in [1.82, 2.24) is 14.1 Å². The van der Waals surface area contributed by atoms with Gasteiger partial charge >= 0.3 is 0 Å². The number of benzene rings is 7. The molecular weight excluding hydrogens is 615 g/mol. The quantitative estimate of drug-likeness (QED) is 0.188. The molecule has 228 valence electrons. The second kappa shape index (κ2) is 10.1. The van der Waals surface area contributed by atoms with Gasteiger partial charge in [0.2, 0.25) is 0 Å². The molecule has 0 amide bonds. The fraction of sp³-hybridized carbons (Fsp3) is 0. The third-order valence-corrected chi connectivity index (χ3v) is 11.2. The number of fused-ring (bicyclic) bond motifs is 12. The Morgan fingerprint density at radius 3 is 1.67 bits per heavy atom. The van der Waals surface area contributed by atoms with Crippen LogP contribution in [0.15, 0.2) is 164 Å². The molecule has 0 saturated carbocycles. The largest absolute Gasteiger partial charge is 0.307 e. The van der Waals surface area contributed by atoms with Crippen LogP contribution in [-0.2, 0) is 0 Å². The molecule has 4 heteroatoms. The molecule has 0 aliphatic heterocycles. The number of aromatic nitrogens is 3. The van der Waals surface area contributed by atoms with Crippen molar-refractivity contribution in [3.63, 3.8) is 0 Å². The van der Waals surface area contributed by atoms with Crippen LogP contribution in [-0.4, -0.2) is 14.1 Å². The van der Waals surface area contributed by atoms with Crippen molar-refractivity contribution in [2.24, 2.45) is 0 Å². The lowest BCUT2D eigenvalue weighted by Crippen LogP contribution is -1.99. The second-order valence-corrected chi connectivity index (χ2v) is 13.8. The molecule has 0 atom stereocenters. The molecule has 0 fully saturated rings. The highest BCUT2D eigenvalue weighted by molar-refractivity contribution is 7.25. The van der Waals surface area contributed by atoms with E-state index in [0.717, 1.165) is 27.5 Å². The van der Waals surface area contributed by atoms with Gasteiger partial charge < -0.3 is 9.13 Å². The van der Waals surface area contributed by atoms with Crippen molar-refractivity contribution in [1.29, 1.82) is 0 Å². The Morgan fingerprint density at radius 1 is 0.408 bits per heavy atom. The van der Waals surface area contributed by atoms with Gasteiger partial charge in [0.05, 0.1) is 27.8 Å². The van der Waals surface area contributed by atoms with Crippen molar-refractivity contribution in [3.8, 4) is 22.6 Å². The van der Waals surface area contributed by atoms with Crippen LogP contribution >= 0.6 is 11.3 Å². The smallest absolute Gasteiger partial charge is 0.125 e. The Bertz CT molecular complexity index is 3110. The van der Waals surface area contributed by atoms with Crippen molar-refractivity contribution < 1.29 is 0 Å². The van der Waals surface area contributed by atoms with E-state index in [-0.39, 0.29) is 0 Å². The topological polar surface area (TPSA) is 22.8 Å². The van der Waals surface area contributed by atoms with E-state index >= 15 is 0 Å². The third kappa shape index (κ3) is 3.75. The maximum absolute atomic E-state index is 5.40. The van der Waals surface area contributed by atoms with Gasteiger partial charge in [0, 0.05) is 59.3 Å². The fourth-order valence-electron chi connectivity index (χ4n) is 8.07. The molecule has 49 heavy (non-hydrogen) atoms. The van der Waals surface area contributed by atoms with E-state index in [0.29, 0.717) is 0 Å². The van der Waals surface area contributed by atoms with Gasteiger partial charge in [0.25, 0.3) is 0 Å². The zero-order chi connectivity index (χ0) is 32.1. The number of pyridine rings is 1. The monoisotopic (exact) mass is 641 g/mol. The zero-order valence-corrected chi connectivity index (χ0v) is 27.2. The molecule has 0 bridgehead atoms. The van der Waals surface area contributed by atoms with Gasteiger partial charge in [-0.1, -0.05) is 121 Å². The van der Waals surface area contributed by atoms with Gasteiger partial charge in [-0.3, -0.25) is 0 Å². The first-order chi connectivity index (χ1) is 24.3. The van der Waals surface area contributed by atoms with E-state index in [1.165, 1.54) is 69.9 Å². The van der Waals surface area contributed by atoms with Gasteiger partial charge in [0.15, 0.2) is 0 Å². The van der Waals surface area contributed by atoms with Crippen LogP contribution in [0.2, 0.25) is 0 Å². The van der Waals surface area contributed by atoms with Crippen molar-refractivity contribution >= 4 is 86.0 Å². The van der Waals surface area contributed by atoms with Crippen LogP contribution in [0.25, 0.3) is 97.3 Å². The van der Waals surface area contributed by atoms with Gasteiger partial charge in [-0.05, 0) is 47.9 Å². The van der Waals surface area contributed by atoms with E-state index < -0.39 is 0 Å². The summed E-state index contributed by atoms with van der Waals surface area (Å²) in [4.78, 5) is 6.47. The van der Waals surface area contributed by atoms with Gasteiger partial charge in [-0.15, -0.1) is 11.3 Å². The Hall–Kier alpha value is -6.23. The molecule has 0 aliphatic carbocycles. The summed E-state index contributed by atoms with van der Waals surface area (Å²) in [5.41, 5.74) is 9.19. The Morgan fingerprint density at radius 2 is 0.959 bits per heavy atom. The van der Waals surface area contributed by atoms with E-state index in [4.69, 9.17) is 4.98 Å². The molecule has 0 radical (unpaired) electrons. The average Bonchev–Trinajstić information content (AvgIpc) is 3.83. The number of nitrogens with zero attached hydrogens (tertiary/aromatic N) is 3. The SMILES string of the molecule is c1ccc(-n2c3ccccc3c3ccc4c5ccccc5n(-c5cccc(-c6nc7sc8ccccc8c7c7ccccc67)c5)c4c32)cc1. The molecule has 0 spiro atoms. The molecule has 0 saturated heterocycles.